The molecule has 100 valence electrons. The van der Waals surface area contributed by atoms with Crippen molar-refractivity contribution in [3.63, 3.8) is 0 Å². The number of halogens is 4. The van der Waals surface area contributed by atoms with Gasteiger partial charge in [-0.3, -0.25) is 0 Å². The Morgan fingerprint density at radius 3 is 2.67 bits per heavy atom. The molecule has 1 fully saturated rings. The maximum Gasteiger partial charge on any atom is 0.416 e. The van der Waals surface area contributed by atoms with Gasteiger partial charge in [0.1, 0.15) is 5.82 Å². The van der Waals surface area contributed by atoms with Crippen LogP contribution in [0.15, 0.2) is 18.2 Å². The van der Waals surface area contributed by atoms with Crippen LogP contribution in [0, 0.1) is 11.7 Å². The molecule has 1 saturated heterocycles. The van der Waals surface area contributed by atoms with Crippen molar-refractivity contribution >= 4 is 0 Å². The molecule has 2 rings (SSSR count). The van der Waals surface area contributed by atoms with Crippen LogP contribution in [0.25, 0.3) is 0 Å². The number of piperidine rings is 1. The minimum Gasteiger partial charge on any atom is -0.316 e. The van der Waals surface area contributed by atoms with E-state index in [9.17, 15) is 17.6 Å². The molecule has 1 N–H and O–H groups in total. The van der Waals surface area contributed by atoms with E-state index in [1.807, 2.05) is 0 Å². The Morgan fingerprint density at radius 1 is 1.28 bits per heavy atom. The maximum atomic E-state index is 13.1. The summed E-state index contributed by atoms with van der Waals surface area (Å²) in [6.45, 7) is 1.61. The zero-order valence-electron chi connectivity index (χ0n) is 9.86. The van der Waals surface area contributed by atoms with Gasteiger partial charge < -0.3 is 5.32 Å². The molecule has 1 aromatic carbocycles. The molecule has 0 radical (unpaired) electrons. The maximum absolute atomic E-state index is 13.1. The summed E-state index contributed by atoms with van der Waals surface area (Å²) in [4.78, 5) is 0. The van der Waals surface area contributed by atoms with Gasteiger partial charge in [-0.1, -0.05) is 0 Å². The van der Waals surface area contributed by atoms with Crippen molar-refractivity contribution in [2.75, 3.05) is 13.1 Å². The molecular weight excluding hydrogens is 246 g/mol. The Hall–Kier alpha value is -1.10. The highest BCUT2D eigenvalue weighted by Gasteiger charge is 2.33. The lowest BCUT2D eigenvalue weighted by molar-refractivity contribution is -0.138. The lowest BCUT2D eigenvalue weighted by atomic mass is 9.90. The van der Waals surface area contributed by atoms with Gasteiger partial charge in [0.2, 0.25) is 0 Å². The third-order valence-corrected chi connectivity index (χ3v) is 3.28. The second-order valence-corrected chi connectivity index (χ2v) is 4.72. The minimum absolute atomic E-state index is 0.0659. The minimum atomic E-state index is -4.41. The van der Waals surface area contributed by atoms with Gasteiger partial charge >= 0.3 is 6.18 Å². The van der Waals surface area contributed by atoms with E-state index >= 15 is 0 Å². The largest absolute Gasteiger partial charge is 0.416 e. The van der Waals surface area contributed by atoms with Crippen molar-refractivity contribution in [3.8, 4) is 0 Å². The van der Waals surface area contributed by atoms with Crippen molar-refractivity contribution in [1.29, 1.82) is 0 Å². The number of hydrogen-bond donors (Lipinski definition) is 1. The normalized spacial score (nSPS) is 21.0. The first-order valence-corrected chi connectivity index (χ1v) is 6.03. The van der Waals surface area contributed by atoms with E-state index in [1.165, 1.54) is 0 Å². The number of nitrogens with one attached hydrogen (secondary N) is 1. The molecule has 5 heteroatoms. The Morgan fingerprint density at radius 2 is 2.06 bits per heavy atom. The third kappa shape index (κ3) is 3.22. The van der Waals surface area contributed by atoms with Crippen LogP contribution >= 0.6 is 0 Å². The quantitative estimate of drug-likeness (QED) is 0.805. The molecule has 0 bridgehead atoms. The molecule has 0 aromatic heterocycles. The van der Waals surface area contributed by atoms with Gasteiger partial charge in [-0.25, -0.2) is 4.39 Å². The Bertz CT molecular complexity index is 408. The molecule has 0 amide bonds. The standard InChI is InChI=1S/C13H15F4N/c14-11-3-4-12(13(15,16)17)10(7-11)6-9-2-1-5-18-8-9/h3-4,7,9,18H,1-2,5-6,8H2. The molecule has 0 saturated carbocycles. The van der Waals surface area contributed by atoms with Crippen molar-refractivity contribution in [2.24, 2.45) is 5.92 Å². The molecule has 0 spiro atoms. The molecule has 1 aliphatic heterocycles. The van der Waals surface area contributed by atoms with Gasteiger partial charge in [0, 0.05) is 0 Å². The molecule has 1 heterocycles. The molecule has 1 aliphatic rings. The van der Waals surface area contributed by atoms with Crippen molar-refractivity contribution in [2.45, 2.75) is 25.4 Å². The van der Waals surface area contributed by atoms with Gasteiger partial charge in [0.05, 0.1) is 5.56 Å². The summed E-state index contributed by atoms with van der Waals surface area (Å²) in [5, 5.41) is 3.15. The van der Waals surface area contributed by atoms with E-state index in [1.54, 1.807) is 0 Å². The van der Waals surface area contributed by atoms with Gasteiger partial charge in [-0.2, -0.15) is 13.2 Å². The van der Waals surface area contributed by atoms with Crippen LogP contribution in [0.3, 0.4) is 0 Å². The van der Waals surface area contributed by atoms with Crippen LogP contribution in [0.5, 0.6) is 0 Å². The first-order chi connectivity index (χ1) is 8.47. The van der Waals surface area contributed by atoms with Gasteiger partial charge in [0.15, 0.2) is 0 Å². The number of alkyl halides is 3. The molecule has 0 aliphatic carbocycles. The van der Waals surface area contributed by atoms with Crippen LogP contribution < -0.4 is 5.32 Å². The predicted molar refractivity (Wildman–Crippen MR) is 60.7 cm³/mol. The van der Waals surface area contributed by atoms with E-state index in [0.717, 1.165) is 37.6 Å². The first kappa shape index (κ1) is 13.3. The van der Waals surface area contributed by atoms with E-state index in [4.69, 9.17) is 0 Å². The predicted octanol–water partition coefficient (Wildman–Crippen LogP) is 3.39. The Labute approximate surface area is 103 Å². The fraction of sp³-hybridized carbons (Fsp3) is 0.538. The first-order valence-electron chi connectivity index (χ1n) is 6.03. The highest BCUT2D eigenvalue weighted by Crippen LogP contribution is 2.34. The van der Waals surface area contributed by atoms with Gasteiger partial charge in [-0.05, 0) is 62.0 Å². The van der Waals surface area contributed by atoms with Gasteiger partial charge in [0.25, 0.3) is 0 Å². The SMILES string of the molecule is Fc1ccc(C(F)(F)F)c(CC2CCCNC2)c1. The fourth-order valence-electron chi connectivity index (χ4n) is 2.42. The molecular formula is C13H15F4N. The molecule has 1 unspecified atom stereocenters. The molecule has 1 aromatic rings. The van der Waals surface area contributed by atoms with Crippen LogP contribution in [0.1, 0.15) is 24.0 Å². The second-order valence-electron chi connectivity index (χ2n) is 4.72. The zero-order chi connectivity index (χ0) is 13.2. The van der Waals surface area contributed by atoms with E-state index in [0.29, 0.717) is 6.54 Å². The topological polar surface area (TPSA) is 12.0 Å². The summed E-state index contributed by atoms with van der Waals surface area (Å²) in [7, 11) is 0. The van der Waals surface area contributed by atoms with Crippen LogP contribution in [-0.2, 0) is 12.6 Å². The molecule has 1 nitrogen and oxygen atoms in total. The summed E-state index contributed by atoms with van der Waals surface area (Å²) in [5.74, 6) is -0.455. The van der Waals surface area contributed by atoms with Crippen LogP contribution in [0.4, 0.5) is 17.6 Å². The summed E-state index contributed by atoms with van der Waals surface area (Å²) < 4.78 is 51.5. The molecule has 18 heavy (non-hydrogen) atoms. The summed E-state index contributed by atoms with van der Waals surface area (Å²) >= 11 is 0. The number of rotatable bonds is 2. The highest BCUT2D eigenvalue weighted by molar-refractivity contribution is 5.31. The Kier molecular flexibility index (Phi) is 3.90. The number of hydrogen-bond acceptors (Lipinski definition) is 1. The van der Waals surface area contributed by atoms with E-state index in [2.05, 4.69) is 5.32 Å². The Balaban J connectivity index is 2.21. The molecule has 1 atom stereocenters. The number of benzene rings is 1. The highest BCUT2D eigenvalue weighted by atomic mass is 19.4. The fourth-order valence-corrected chi connectivity index (χ4v) is 2.42. The van der Waals surface area contributed by atoms with Crippen molar-refractivity contribution in [3.05, 3.63) is 35.1 Å². The second kappa shape index (κ2) is 5.26. The van der Waals surface area contributed by atoms with E-state index in [-0.39, 0.29) is 17.9 Å². The van der Waals surface area contributed by atoms with Crippen LogP contribution in [-0.4, -0.2) is 13.1 Å². The zero-order valence-corrected chi connectivity index (χ0v) is 9.86. The van der Waals surface area contributed by atoms with E-state index < -0.39 is 17.6 Å². The van der Waals surface area contributed by atoms with Crippen molar-refractivity contribution in [1.82, 2.24) is 5.32 Å². The summed E-state index contributed by atoms with van der Waals surface area (Å²) in [6, 6.07) is 2.71. The lowest BCUT2D eigenvalue weighted by Gasteiger charge is -2.24. The monoisotopic (exact) mass is 261 g/mol. The van der Waals surface area contributed by atoms with Gasteiger partial charge in [-0.15, -0.1) is 0 Å². The van der Waals surface area contributed by atoms with Crippen molar-refractivity contribution < 1.29 is 17.6 Å². The third-order valence-electron chi connectivity index (χ3n) is 3.28. The average Bonchev–Trinajstić information content (AvgIpc) is 2.28. The van der Waals surface area contributed by atoms with Crippen LogP contribution in [0.2, 0.25) is 0 Å². The summed E-state index contributed by atoms with van der Waals surface area (Å²) in [5.41, 5.74) is -0.648. The summed E-state index contributed by atoms with van der Waals surface area (Å²) in [6.07, 6.45) is -2.28. The lowest BCUT2D eigenvalue weighted by Crippen LogP contribution is -2.31. The average molecular weight is 261 g/mol. The smallest absolute Gasteiger partial charge is 0.316 e.